The van der Waals surface area contributed by atoms with Crippen LogP contribution in [0.3, 0.4) is 0 Å². The van der Waals surface area contributed by atoms with E-state index in [-0.39, 0.29) is 11.7 Å². The van der Waals surface area contributed by atoms with Crippen LogP contribution in [0.15, 0.2) is 0 Å². The molecule has 0 saturated heterocycles. The highest BCUT2D eigenvalue weighted by molar-refractivity contribution is 7.85. The van der Waals surface area contributed by atoms with Crippen LogP contribution in [0.1, 0.15) is 19.8 Å². The fourth-order valence-electron chi connectivity index (χ4n) is 1.41. The summed E-state index contributed by atoms with van der Waals surface area (Å²) in [6.45, 7) is 3.74. The summed E-state index contributed by atoms with van der Waals surface area (Å²) in [4.78, 5) is 11.0. The minimum atomic E-state index is -3.86. The van der Waals surface area contributed by atoms with Crippen molar-refractivity contribution in [2.24, 2.45) is 0 Å². The average Bonchev–Trinajstić information content (AvgIpc) is 2.14. The zero-order valence-electron chi connectivity index (χ0n) is 10.8. The number of carbonyl (C=O) groups is 1. The van der Waals surface area contributed by atoms with Crippen molar-refractivity contribution in [1.29, 1.82) is 0 Å². The minimum absolute atomic E-state index is 0.0166. The van der Waals surface area contributed by atoms with Crippen LogP contribution in [-0.4, -0.2) is 62.8 Å². The Labute approximate surface area is 103 Å². The molecule has 0 spiro atoms. The van der Waals surface area contributed by atoms with E-state index in [2.05, 4.69) is 5.32 Å². The third-order valence-electron chi connectivity index (χ3n) is 2.53. The van der Waals surface area contributed by atoms with E-state index in [0.717, 1.165) is 6.54 Å². The van der Waals surface area contributed by atoms with Gasteiger partial charge in [0, 0.05) is 12.8 Å². The first-order valence-corrected chi connectivity index (χ1v) is 7.31. The molecule has 0 aliphatic rings. The number of quaternary nitrogens is 1. The van der Waals surface area contributed by atoms with E-state index in [1.807, 2.05) is 14.1 Å². The molecule has 0 atom stereocenters. The van der Waals surface area contributed by atoms with Gasteiger partial charge in [-0.25, -0.2) is 0 Å². The molecule has 0 aromatic carbocycles. The van der Waals surface area contributed by atoms with Crippen LogP contribution in [0.5, 0.6) is 0 Å². The van der Waals surface area contributed by atoms with E-state index in [0.29, 0.717) is 30.4 Å². The predicted molar refractivity (Wildman–Crippen MR) is 66.2 cm³/mol. The predicted octanol–water partition coefficient (Wildman–Crippen LogP) is -0.133. The number of hydrogen-bond acceptors (Lipinski definition) is 3. The smallest absolute Gasteiger partial charge is 0.265 e. The van der Waals surface area contributed by atoms with E-state index < -0.39 is 10.1 Å². The van der Waals surface area contributed by atoms with Gasteiger partial charge >= 0.3 is 0 Å². The molecule has 0 fully saturated rings. The second kappa shape index (κ2) is 6.93. The number of nitrogens with one attached hydrogen (secondary N) is 1. The number of hydrogen-bond donors (Lipinski definition) is 2. The molecular formula is C10H23N2O4S+. The first-order chi connectivity index (χ1) is 7.66. The largest absolute Gasteiger partial charge is 0.350 e. The van der Waals surface area contributed by atoms with Crippen LogP contribution in [0.25, 0.3) is 0 Å². The topological polar surface area (TPSA) is 83.5 Å². The first kappa shape index (κ1) is 16.3. The third kappa shape index (κ3) is 10.2. The molecule has 17 heavy (non-hydrogen) atoms. The summed E-state index contributed by atoms with van der Waals surface area (Å²) in [6.07, 6.45) is 0.879. The lowest BCUT2D eigenvalue weighted by Gasteiger charge is -2.29. The Hall–Kier alpha value is -0.660. The summed E-state index contributed by atoms with van der Waals surface area (Å²) in [5, 5.41) is 2.77. The fraction of sp³-hybridized carbons (Fsp3) is 0.900. The molecule has 0 aliphatic heterocycles. The van der Waals surface area contributed by atoms with Crippen molar-refractivity contribution in [3.8, 4) is 0 Å². The second-order valence-corrected chi connectivity index (χ2v) is 6.30. The number of nitrogens with zero attached hydrogens (tertiary/aromatic N) is 1. The van der Waals surface area contributed by atoms with Gasteiger partial charge in [-0.05, 0) is 0 Å². The van der Waals surface area contributed by atoms with Gasteiger partial charge in [0.2, 0.25) is 5.91 Å². The SMILES string of the molecule is CCC(=O)NCC[N+](C)(C)CCCS(=O)(=O)O. The lowest BCUT2D eigenvalue weighted by Crippen LogP contribution is -2.46. The number of likely N-dealkylation sites (N-methyl/N-ethyl adjacent to an activating group) is 1. The lowest BCUT2D eigenvalue weighted by molar-refractivity contribution is -0.889. The highest BCUT2D eigenvalue weighted by atomic mass is 32.2. The average molecular weight is 267 g/mol. The molecular weight excluding hydrogens is 244 g/mol. The van der Waals surface area contributed by atoms with Gasteiger partial charge in [0.25, 0.3) is 10.1 Å². The molecule has 0 aromatic rings. The Kier molecular flexibility index (Phi) is 6.66. The Morgan fingerprint density at radius 3 is 2.35 bits per heavy atom. The summed E-state index contributed by atoms with van der Waals surface area (Å²) in [5.74, 6) is -0.196. The van der Waals surface area contributed by atoms with E-state index >= 15 is 0 Å². The number of carbonyl (C=O) groups excluding carboxylic acids is 1. The van der Waals surface area contributed by atoms with Crippen molar-refractivity contribution in [3.05, 3.63) is 0 Å². The number of rotatable bonds is 8. The van der Waals surface area contributed by atoms with E-state index in [1.165, 1.54) is 0 Å². The maximum atomic E-state index is 11.0. The maximum Gasteiger partial charge on any atom is 0.265 e. The van der Waals surface area contributed by atoms with Gasteiger partial charge in [-0.2, -0.15) is 8.42 Å². The second-order valence-electron chi connectivity index (χ2n) is 4.73. The Balaban J connectivity index is 3.84. The van der Waals surface area contributed by atoms with Gasteiger partial charge in [-0.3, -0.25) is 9.35 Å². The van der Waals surface area contributed by atoms with E-state index in [1.54, 1.807) is 6.92 Å². The molecule has 6 nitrogen and oxygen atoms in total. The van der Waals surface area contributed by atoms with Crippen molar-refractivity contribution in [1.82, 2.24) is 5.32 Å². The van der Waals surface area contributed by atoms with Crippen LogP contribution in [-0.2, 0) is 14.9 Å². The molecule has 0 bridgehead atoms. The minimum Gasteiger partial charge on any atom is -0.350 e. The number of amides is 1. The molecule has 0 unspecified atom stereocenters. The monoisotopic (exact) mass is 267 g/mol. The first-order valence-electron chi connectivity index (χ1n) is 5.70. The molecule has 102 valence electrons. The quantitative estimate of drug-likeness (QED) is 0.474. The van der Waals surface area contributed by atoms with Crippen molar-refractivity contribution >= 4 is 16.0 Å². The molecule has 1 amide bonds. The summed E-state index contributed by atoms with van der Waals surface area (Å²) < 4.78 is 30.3. The standard InChI is InChI=1S/C10H22N2O4S/c1-4-10(13)11-6-8-12(2,3)7-5-9-17(14,15)16/h4-9H2,1-3H3,(H-,11,13,14,15,16)/p+1. The summed E-state index contributed by atoms with van der Waals surface area (Å²) in [5.41, 5.74) is 0. The van der Waals surface area contributed by atoms with Crippen LogP contribution >= 0.6 is 0 Å². The molecule has 0 heterocycles. The molecule has 0 radical (unpaired) electrons. The van der Waals surface area contributed by atoms with E-state index in [9.17, 15) is 13.2 Å². The molecule has 0 aromatic heterocycles. The molecule has 0 aliphatic carbocycles. The lowest BCUT2D eigenvalue weighted by atomic mass is 10.3. The summed E-state index contributed by atoms with van der Waals surface area (Å²) in [7, 11) is 0.0566. The fourth-order valence-corrected chi connectivity index (χ4v) is 1.90. The van der Waals surface area contributed by atoms with Crippen molar-refractivity contribution in [2.45, 2.75) is 19.8 Å². The highest BCUT2D eigenvalue weighted by Gasteiger charge is 2.16. The third-order valence-corrected chi connectivity index (χ3v) is 3.33. The Morgan fingerprint density at radius 2 is 1.88 bits per heavy atom. The van der Waals surface area contributed by atoms with Gasteiger partial charge < -0.3 is 9.80 Å². The van der Waals surface area contributed by atoms with Gasteiger partial charge in [-0.1, -0.05) is 6.92 Å². The summed E-state index contributed by atoms with van der Waals surface area (Å²) >= 11 is 0. The summed E-state index contributed by atoms with van der Waals surface area (Å²) in [6, 6.07) is 0. The highest BCUT2D eigenvalue weighted by Crippen LogP contribution is 2.00. The van der Waals surface area contributed by atoms with E-state index in [4.69, 9.17) is 4.55 Å². The molecule has 0 rings (SSSR count). The zero-order valence-corrected chi connectivity index (χ0v) is 11.6. The Bertz CT molecular complexity index is 338. The molecule has 2 N–H and O–H groups in total. The van der Waals surface area contributed by atoms with Crippen molar-refractivity contribution in [3.63, 3.8) is 0 Å². The molecule has 0 saturated carbocycles. The zero-order chi connectivity index (χ0) is 13.5. The van der Waals surface area contributed by atoms with Gasteiger partial charge in [0.15, 0.2) is 0 Å². The van der Waals surface area contributed by atoms with Crippen LogP contribution in [0.4, 0.5) is 0 Å². The molecule has 7 heteroatoms. The normalized spacial score (nSPS) is 12.5. The van der Waals surface area contributed by atoms with Crippen LogP contribution in [0, 0.1) is 0 Å². The van der Waals surface area contributed by atoms with Gasteiger partial charge in [0.1, 0.15) is 0 Å². The Morgan fingerprint density at radius 1 is 1.29 bits per heavy atom. The van der Waals surface area contributed by atoms with Gasteiger partial charge in [-0.15, -0.1) is 0 Å². The van der Waals surface area contributed by atoms with Crippen molar-refractivity contribution in [2.75, 3.05) is 39.5 Å². The van der Waals surface area contributed by atoms with Crippen LogP contribution < -0.4 is 5.32 Å². The van der Waals surface area contributed by atoms with Crippen molar-refractivity contribution < 1.29 is 22.2 Å². The van der Waals surface area contributed by atoms with Gasteiger partial charge in [0.05, 0.1) is 39.5 Å². The maximum absolute atomic E-state index is 11.0. The van der Waals surface area contributed by atoms with Crippen LogP contribution in [0.2, 0.25) is 0 Å².